The maximum atomic E-state index is 14.4. The van der Waals surface area contributed by atoms with E-state index in [1.54, 1.807) is 0 Å². The second kappa shape index (κ2) is 5.59. The Morgan fingerprint density at radius 3 is 2.88 bits per heavy atom. The van der Waals surface area contributed by atoms with Crippen molar-refractivity contribution in [3.8, 4) is 0 Å². The average molecular weight is 326 g/mol. The fourth-order valence-corrected chi connectivity index (χ4v) is 3.31. The van der Waals surface area contributed by atoms with Crippen LogP contribution in [-0.2, 0) is 0 Å². The zero-order chi connectivity index (χ0) is 16.7. The molecular weight excluding hydrogens is 311 g/mol. The molecule has 0 radical (unpaired) electrons. The summed E-state index contributed by atoms with van der Waals surface area (Å²) >= 11 is 0. The molecule has 6 nitrogen and oxygen atoms in total. The molecule has 1 atom stereocenters. The van der Waals surface area contributed by atoms with Gasteiger partial charge in [-0.15, -0.1) is 0 Å². The first-order valence-corrected chi connectivity index (χ1v) is 7.79. The smallest absolute Gasteiger partial charge is 0.272 e. The van der Waals surface area contributed by atoms with Crippen molar-refractivity contribution in [1.82, 2.24) is 9.97 Å². The molecule has 7 heteroatoms. The van der Waals surface area contributed by atoms with Crippen molar-refractivity contribution in [2.75, 3.05) is 11.4 Å². The zero-order valence-electron chi connectivity index (χ0n) is 12.8. The summed E-state index contributed by atoms with van der Waals surface area (Å²) in [5.74, 6) is 0.221. The van der Waals surface area contributed by atoms with E-state index in [1.165, 1.54) is 12.1 Å². The van der Waals surface area contributed by atoms with Crippen LogP contribution >= 0.6 is 0 Å². The van der Waals surface area contributed by atoms with Gasteiger partial charge in [0.2, 0.25) is 0 Å². The Labute approximate surface area is 137 Å². The number of aromatic amines is 1. The normalized spacial score (nSPS) is 17.5. The van der Waals surface area contributed by atoms with E-state index in [0.29, 0.717) is 12.2 Å². The number of rotatable bonds is 3. The molecule has 0 bridgehead atoms. The van der Waals surface area contributed by atoms with Gasteiger partial charge in [-0.3, -0.25) is 10.1 Å². The van der Waals surface area contributed by atoms with E-state index in [-0.39, 0.29) is 11.7 Å². The molecule has 4 rings (SSSR count). The zero-order valence-corrected chi connectivity index (χ0v) is 12.8. The Morgan fingerprint density at radius 1 is 1.29 bits per heavy atom. The molecule has 1 fully saturated rings. The number of nitrogens with zero attached hydrogens (tertiary/aromatic N) is 3. The number of nitro groups is 1. The molecule has 1 N–H and O–H groups in total. The molecule has 24 heavy (non-hydrogen) atoms. The summed E-state index contributed by atoms with van der Waals surface area (Å²) in [7, 11) is 0. The SMILES string of the molecule is O=[N+]([O-])c1ccc(N2CCCC2c2nc3ccccc3[nH]2)c(F)c1. The molecule has 1 aliphatic rings. The van der Waals surface area contributed by atoms with Gasteiger partial charge < -0.3 is 9.88 Å². The van der Waals surface area contributed by atoms with E-state index < -0.39 is 10.7 Å². The largest absolute Gasteiger partial charge is 0.359 e. The summed E-state index contributed by atoms with van der Waals surface area (Å²) in [6.07, 6.45) is 1.77. The van der Waals surface area contributed by atoms with Gasteiger partial charge >= 0.3 is 0 Å². The van der Waals surface area contributed by atoms with Crippen molar-refractivity contribution in [1.29, 1.82) is 0 Å². The lowest BCUT2D eigenvalue weighted by Crippen LogP contribution is -2.24. The van der Waals surface area contributed by atoms with Crippen molar-refractivity contribution in [3.63, 3.8) is 0 Å². The van der Waals surface area contributed by atoms with Crippen molar-refractivity contribution in [3.05, 3.63) is 64.2 Å². The highest BCUT2D eigenvalue weighted by Crippen LogP contribution is 2.37. The average Bonchev–Trinajstić information content (AvgIpc) is 3.20. The highest BCUT2D eigenvalue weighted by molar-refractivity contribution is 5.75. The van der Waals surface area contributed by atoms with Gasteiger partial charge in [0.25, 0.3) is 5.69 Å². The minimum Gasteiger partial charge on any atom is -0.359 e. The molecule has 0 saturated carbocycles. The summed E-state index contributed by atoms with van der Waals surface area (Å²) in [5, 5.41) is 10.8. The van der Waals surface area contributed by atoms with Gasteiger partial charge in [0.05, 0.1) is 33.8 Å². The van der Waals surface area contributed by atoms with Crippen LogP contribution in [0.3, 0.4) is 0 Å². The number of imidazole rings is 1. The van der Waals surface area contributed by atoms with Gasteiger partial charge in [-0.2, -0.15) is 0 Å². The van der Waals surface area contributed by atoms with Gasteiger partial charge in [-0.1, -0.05) is 12.1 Å². The van der Waals surface area contributed by atoms with Crippen molar-refractivity contribution >= 4 is 22.4 Å². The molecule has 1 aromatic heterocycles. The third-order valence-electron chi connectivity index (χ3n) is 4.43. The third-order valence-corrected chi connectivity index (χ3v) is 4.43. The number of non-ortho nitro benzene ring substituents is 1. The number of nitrogens with one attached hydrogen (secondary N) is 1. The van der Waals surface area contributed by atoms with Gasteiger partial charge in [0, 0.05) is 12.6 Å². The molecular formula is C17H15FN4O2. The Balaban J connectivity index is 1.71. The van der Waals surface area contributed by atoms with Crippen LogP contribution in [0.5, 0.6) is 0 Å². The summed E-state index contributed by atoms with van der Waals surface area (Å²) < 4.78 is 14.4. The lowest BCUT2D eigenvalue weighted by molar-refractivity contribution is -0.385. The maximum Gasteiger partial charge on any atom is 0.272 e. The Bertz CT molecular complexity index is 891. The highest BCUT2D eigenvalue weighted by Gasteiger charge is 2.30. The number of nitro benzene ring substituents is 1. The van der Waals surface area contributed by atoms with Crippen LogP contribution in [0.25, 0.3) is 11.0 Å². The lowest BCUT2D eigenvalue weighted by atomic mass is 10.2. The molecule has 1 saturated heterocycles. The van der Waals surface area contributed by atoms with Gasteiger partial charge in [-0.05, 0) is 31.0 Å². The second-order valence-electron chi connectivity index (χ2n) is 5.88. The van der Waals surface area contributed by atoms with Crippen molar-refractivity contribution < 1.29 is 9.31 Å². The van der Waals surface area contributed by atoms with Crippen LogP contribution < -0.4 is 4.90 Å². The minimum absolute atomic E-state index is 0.0617. The van der Waals surface area contributed by atoms with E-state index in [4.69, 9.17) is 0 Å². The quantitative estimate of drug-likeness (QED) is 0.584. The molecule has 3 aromatic rings. The van der Waals surface area contributed by atoms with Gasteiger partial charge in [-0.25, -0.2) is 9.37 Å². The molecule has 2 heterocycles. The van der Waals surface area contributed by atoms with Gasteiger partial charge in [0.1, 0.15) is 5.82 Å². The standard InChI is InChI=1S/C17H15FN4O2/c18-12-10-11(22(23)24)7-8-15(12)21-9-3-6-16(21)17-19-13-4-1-2-5-14(13)20-17/h1-2,4-5,7-8,10,16H,3,6,9H2,(H,19,20). The topological polar surface area (TPSA) is 75.1 Å². The first-order valence-electron chi connectivity index (χ1n) is 7.79. The lowest BCUT2D eigenvalue weighted by Gasteiger charge is -2.25. The Hall–Kier alpha value is -2.96. The predicted molar refractivity (Wildman–Crippen MR) is 88.5 cm³/mol. The van der Waals surface area contributed by atoms with Crippen LogP contribution in [0.2, 0.25) is 0 Å². The number of anilines is 1. The maximum absolute atomic E-state index is 14.4. The van der Waals surface area contributed by atoms with Crippen LogP contribution in [0.4, 0.5) is 15.8 Å². The molecule has 0 spiro atoms. The van der Waals surface area contributed by atoms with E-state index in [1.807, 2.05) is 29.2 Å². The fourth-order valence-electron chi connectivity index (χ4n) is 3.31. The summed E-state index contributed by atoms with van der Waals surface area (Å²) in [4.78, 5) is 20.0. The first kappa shape index (κ1) is 14.6. The molecule has 1 aliphatic heterocycles. The Kier molecular flexibility index (Phi) is 3.41. The number of hydrogen-bond donors (Lipinski definition) is 1. The van der Waals surface area contributed by atoms with Crippen LogP contribution in [0.1, 0.15) is 24.7 Å². The summed E-state index contributed by atoms with van der Waals surface area (Å²) in [6, 6.07) is 11.5. The predicted octanol–water partition coefficient (Wildman–Crippen LogP) is 3.95. The second-order valence-corrected chi connectivity index (χ2v) is 5.88. The highest BCUT2D eigenvalue weighted by atomic mass is 19.1. The minimum atomic E-state index is -0.590. The molecule has 0 aliphatic carbocycles. The first-order chi connectivity index (χ1) is 11.6. The number of fused-ring (bicyclic) bond motifs is 1. The molecule has 122 valence electrons. The number of halogens is 1. The molecule has 2 aromatic carbocycles. The number of benzene rings is 2. The fraction of sp³-hybridized carbons (Fsp3) is 0.235. The summed E-state index contributed by atoms with van der Waals surface area (Å²) in [5.41, 5.74) is 1.96. The van der Waals surface area contributed by atoms with E-state index in [0.717, 1.165) is 35.8 Å². The van der Waals surface area contributed by atoms with E-state index in [9.17, 15) is 14.5 Å². The van der Waals surface area contributed by atoms with Crippen molar-refractivity contribution in [2.24, 2.45) is 0 Å². The number of hydrogen-bond acceptors (Lipinski definition) is 4. The number of H-pyrrole nitrogens is 1. The number of aromatic nitrogens is 2. The summed E-state index contributed by atoms with van der Waals surface area (Å²) in [6.45, 7) is 0.691. The number of para-hydroxylation sites is 2. The van der Waals surface area contributed by atoms with Gasteiger partial charge in [0.15, 0.2) is 5.82 Å². The molecule has 0 amide bonds. The van der Waals surface area contributed by atoms with Crippen LogP contribution in [0, 0.1) is 15.9 Å². The van der Waals surface area contributed by atoms with Crippen molar-refractivity contribution in [2.45, 2.75) is 18.9 Å². The molecule has 1 unspecified atom stereocenters. The monoisotopic (exact) mass is 326 g/mol. The third kappa shape index (κ3) is 2.38. The Morgan fingerprint density at radius 2 is 2.12 bits per heavy atom. The van der Waals surface area contributed by atoms with E-state index in [2.05, 4.69) is 9.97 Å². The van der Waals surface area contributed by atoms with Crippen LogP contribution in [0.15, 0.2) is 42.5 Å². The van der Waals surface area contributed by atoms with Crippen LogP contribution in [-0.4, -0.2) is 21.4 Å². The van der Waals surface area contributed by atoms with E-state index >= 15 is 0 Å².